The zero-order chi connectivity index (χ0) is 14.3. The molecular formula is C14H15FN4O. The van der Waals surface area contributed by atoms with Crippen LogP contribution in [-0.2, 0) is 4.79 Å². The van der Waals surface area contributed by atoms with E-state index in [4.69, 9.17) is 5.73 Å². The average Bonchev–Trinajstić information content (AvgIpc) is 3.01. The van der Waals surface area contributed by atoms with Crippen molar-refractivity contribution < 1.29 is 9.18 Å². The summed E-state index contributed by atoms with van der Waals surface area (Å²) in [4.78, 5) is 11.8. The molecule has 0 aliphatic heterocycles. The van der Waals surface area contributed by atoms with Gasteiger partial charge in [-0.1, -0.05) is 0 Å². The lowest BCUT2D eigenvalue weighted by molar-refractivity contribution is -0.118. The van der Waals surface area contributed by atoms with E-state index in [1.165, 1.54) is 10.7 Å². The molecule has 3 rings (SSSR count). The lowest BCUT2D eigenvalue weighted by Crippen LogP contribution is -2.37. The van der Waals surface area contributed by atoms with Gasteiger partial charge in [-0.25, -0.2) is 9.07 Å². The molecule has 1 aliphatic rings. The van der Waals surface area contributed by atoms with Crippen LogP contribution < -0.4 is 11.1 Å². The van der Waals surface area contributed by atoms with Crippen LogP contribution in [0.15, 0.2) is 30.6 Å². The van der Waals surface area contributed by atoms with E-state index in [1.54, 1.807) is 24.5 Å². The zero-order valence-corrected chi connectivity index (χ0v) is 11.1. The Balaban J connectivity index is 1.82. The largest absolute Gasteiger partial charge is 0.324 e. The Bertz CT molecular complexity index is 676. The van der Waals surface area contributed by atoms with Crippen molar-refractivity contribution >= 4 is 11.6 Å². The number of rotatable bonds is 3. The Morgan fingerprint density at radius 2 is 2.25 bits per heavy atom. The fourth-order valence-corrected chi connectivity index (χ4v) is 1.93. The number of hydrogen-bond acceptors (Lipinski definition) is 3. The smallest absolute Gasteiger partial charge is 0.244 e. The minimum Gasteiger partial charge on any atom is -0.324 e. The first-order valence-electron chi connectivity index (χ1n) is 6.39. The molecule has 3 N–H and O–H groups in total. The molecule has 2 aromatic rings. The molecular weight excluding hydrogens is 259 g/mol. The highest BCUT2D eigenvalue weighted by Crippen LogP contribution is 2.33. The average molecular weight is 274 g/mol. The highest BCUT2D eigenvalue weighted by Gasteiger charge is 2.45. The Labute approximate surface area is 115 Å². The molecule has 1 aromatic heterocycles. The summed E-state index contributed by atoms with van der Waals surface area (Å²) in [6.07, 6.45) is 4.73. The monoisotopic (exact) mass is 274 g/mol. The second-order valence-electron chi connectivity index (χ2n) is 5.24. The minimum atomic E-state index is -0.770. The van der Waals surface area contributed by atoms with Crippen LogP contribution in [0.3, 0.4) is 0 Å². The lowest BCUT2D eigenvalue weighted by Gasteiger charge is -2.11. The number of nitrogens with two attached hydrogens (primary N) is 1. The van der Waals surface area contributed by atoms with Gasteiger partial charge in [0.2, 0.25) is 5.91 Å². The van der Waals surface area contributed by atoms with Crippen LogP contribution in [0.1, 0.15) is 18.4 Å². The van der Waals surface area contributed by atoms with E-state index in [-0.39, 0.29) is 5.91 Å². The van der Waals surface area contributed by atoms with Crippen molar-refractivity contribution in [1.82, 2.24) is 9.78 Å². The van der Waals surface area contributed by atoms with Crippen LogP contribution in [0.4, 0.5) is 10.1 Å². The number of carbonyl (C=O) groups excluding carboxylic acids is 1. The molecule has 1 saturated carbocycles. The van der Waals surface area contributed by atoms with Gasteiger partial charge >= 0.3 is 0 Å². The van der Waals surface area contributed by atoms with Crippen molar-refractivity contribution in [3.8, 4) is 5.69 Å². The molecule has 1 aliphatic carbocycles. The van der Waals surface area contributed by atoms with Crippen LogP contribution in [0.25, 0.3) is 5.69 Å². The standard InChI is InChI=1S/C14H15FN4O/c1-9-7-17-19(8-9)12-3-2-10(6-11(12)15)18-13(20)14(16)4-5-14/h2-3,6-8H,4-5,16H2,1H3,(H,18,20). The first kappa shape index (κ1) is 12.8. The van der Waals surface area contributed by atoms with Crippen molar-refractivity contribution in [3.05, 3.63) is 42.0 Å². The maximum Gasteiger partial charge on any atom is 0.244 e. The minimum absolute atomic E-state index is 0.264. The van der Waals surface area contributed by atoms with Crippen molar-refractivity contribution in [2.45, 2.75) is 25.3 Å². The van der Waals surface area contributed by atoms with E-state index in [0.717, 1.165) is 5.56 Å². The summed E-state index contributed by atoms with van der Waals surface area (Å²) < 4.78 is 15.5. The van der Waals surface area contributed by atoms with Gasteiger partial charge in [0.15, 0.2) is 5.82 Å². The van der Waals surface area contributed by atoms with E-state index in [0.29, 0.717) is 24.2 Å². The molecule has 5 nitrogen and oxygen atoms in total. The molecule has 1 fully saturated rings. The molecule has 0 radical (unpaired) electrons. The number of nitrogens with zero attached hydrogens (tertiary/aromatic N) is 2. The zero-order valence-electron chi connectivity index (χ0n) is 11.1. The highest BCUT2D eigenvalue weighted by molar-refractivity contribution is 6.00. The number of amides is 1. The van der Waals surface area contributed by atoms with Crippen LogP contribution in [0.2, 0.25) is 0 Å². The molecule has 0 bridgehead atoms. The number of anilines is 1. The first-order valence-corrected chi connectivity index (χ1v) is 6.39. The summed E-state index contributed by atoms with van der Waals surface area (Å²) in [6, 6.07) is 4.49. The maximum absolute atomic E-state index is 14.1. The Kier molecular flexibility index (Phi) is 2.83. The van der Waals surface area contributed by atoms with Crippen molar-refractivity contribution in [2.75, 3.05) is 5.32 Å². The summed E-state index contributed by atoms with van der Waals surface area (Å²) in [5.74, 6) is -0.715. The fourth-order valence-electron chi connectivity index (χ4n) is 1.93. The predicted octanol–water partition coefficient (Wildman–Crippen LogP) is 1.75. The third-order valence-corrected chi connectivity index (χ3v) is 3.40. The third kappa shape index (κ3) is 2.30. The topological polar surface area (TPSA) is 72.9 Å². The number of carbonyl (C=O) groups is 1. The number of nitrogens with one attached hydrogen (secondary N) is 1. The molecule has 20 heavy (non-hydrogen) atoms. The molecule has 1 amide bonds. The number of aromatic nitrogens is 2. The van der Waals surface area contributed by atoms with E-state index in [9.17, 15) is 9.18 Å². The van der Waals surface area contributed by atoms with Gasteiger partial charge in [-0.05, 0) is 43.5 Å². The van der Waals surface area contributed by atoms with Gasteiger partial charge in [-0.3, -0.25) is 4.79 Å². The molecule has 6 heteroatoms. The molecule has 1 aromatic carbocycles. The SMILES string of the molecule is Cc1cnn(-c2ccc(NC(=O)C3(N)CC3)cc2F)c1. The second kappa shape index (κ2) is 4.42. The van der Waals surface area contributed by atoms with Crippen LogP contribution >= 0.6 is 0 Å². The Morgan fingerprint density at radius 1 is 1.50 bits per heavy atom. The van der Waals surface area contributed by atoms with E-state index in [2.05, 4.69) is 10.4 Å². The van der Waals surface area contributed by atoms with Gasteiger partial charge in [0.05, 0.1) is 11.7 Å². The molecule has 0 atom stereocenters. The van der Waals surface area contributed by atoms with Gasteiger partial charge in [-0.2, -0.15) is 5.10 Å². The summed E-state index contributed by atoms with van der Waals surface area (Å²) in [5, 5.41) is 6.69. The van der Waals surface area contributed by atoms with Crippen LogP contribution in [0, 0.1) is 12.7 Å². The number of benzene rings is 1. The predicted molar refractivity (Wildman–Crippen MR) is 73.0 cm³/mol. The molecule has 1 heterocycles. The Morgan fingerprint density at radius 3 is 2.80 bits per heavy atom. The number of aryl methyl sites for hydroxylation is 1. The van der Waals surface area contributed by atoms with Crippen molar-refractivity contribution in [1.29, 1.82) is 0 Å². The lowest BCUT2D eigenvalue weighted by atomic mass is 10.2. The van der Waals surface area contributed by atoms with Gasteiger partial charge in [0.25, 0.3) is 0 Å². The van der Waals surface area contributed by atoms with Crippen molar-refractivity contribution in [2.24, 2.45) is 5.73 Å². The quantitative estimate of drug-likeness (QED) is 0.895. The summed E-state index contributed by atoms with van der Waals surface area (Å²) in [6.45, 7) is 1.88. The van der Waals surface area contributed by atoms with Crippen molar-refractivity contribution in [3.63, 3.8) is 0 Å². The summed E-state index contributed by atoms with van der Waals surface area (Å²) >= 11 is 0. The second-order valence-corrected chi connectivity index (χ2v) is 5.24. The van der Waals surface area contributed by atoms with Gasteiger partial charge in [0, 0.05) is 11.9 Å². The molecule has 0 spiro atoms. The van der Waals surface area contributed by atoms with Gasteiger partial charge < -0.3 is 11.1 Å². The van der Waals surface area contributed by atoms with Gasteiger partial charge in [-0.15, -0.1) is 0 Å². The Hall–Kier alpha value is -2.21. The van der Waals surface area contributed by atoms with E-state index >= 15 is 0 Å². The first-order chi connectivity index (χ1) is 9.48. The number of halogens is 1. The maximum atomic E-state index is 14.1. The van der Waals surface area contributed by atoms with Crippen LogP contribution in [0.5, 0.6) is 0 Å². The number of hydrogen-bond donors (Lipinski definition) is 2. The third-order valence-electron chi connectivity index (χ3n) is 3.40. The van der Waals surface area contributed by atoms with E-state index < -0.39 is 11.4 Å². The summed E-state index contributed by atoms with van der Waals surface area (Å²) in [5.41, 5.74) is 6.69. The summed E-state index contributed by atoms with van der Waals surface area (Å²) in [7, 11) is 0. The molecule has 0 saturated heterocycles. The molecule has 0 unspecified atom stereocenters. The molecule has 104 valence electrons. The van der Waals surface area contributed by atoms with E-state index in [1.807, 2.05) is 6.92 Å². The highest BCUT2D eigenvalue weighted by atomic mass is 19.1. The normalized spacial score (nSPS) is 15.9. The fraction of sp³-hybridized carbons (Fsp3) is 0.286. The van der Waals surface area contributed by atoms with Gasteiger partial charge in [0.1, 0.15) is 5.69 Å². The van der Waals surface area contributed by atoms with Crippen LogP contribution in [-0.4, -0.2) is 21.2 Å².